The van der Waals surface area contributed by atoms with Crippen LogP contribution in [0.25, 0.3) is 0 Å². The number of hydrogen-bond acceptors (Lipinski definition) is 2. The second kappa shape index (κ2) is 5.86. The maximum absolute atomic E-state index is 5.57. The Morgan fingerprint density at radius 3 is 2.45 bits per heavy atom. The van der Waals surface area contributed by atoms with Crippen LogP contribution < -0.4 is 5.73 Å². The van der Waals surface area contributed by atoms with E-state index in [1.54, 1.807) is 12.4 Å². The van der Waals surface area contributed by atoms with Crippen molar-refractivity contribution in [2.24, 2.45) is 5.73 Å². The maximum Gasteiger partial charge on any atom is 0.0315 e. The number of aromatic nitrogens is 1. The molecule has 2 N–H and O–H groups in total. The first kappa shape index (κ1) is 10.1. The van der Waals surface area contributed by atoms with Gasteiger partial charge in [0.15, 0.2) is 0 Å². The zero-order chi connectivity index (χ0) is 8.69. The molecule has 11 heavy (non-hydrogen) atoms. The van der Waals surface area contributed by atoms with Crippen molar-refractivity contribution in [1.82, 2.24) is 4.98 Å². The summed E-state index contributed by atoms with van der Waals surface area (Å²) in [6.45, 7) is 5.94. The minimum absolute atomic E-state index is 0. The van der Waals surface area contributed by atoms with Crippen LogP contribution in [0.15, 0.2) is 24.5 Å². The van der Waals surface area contributed by atoms with E-state index < -0.39 is 0 Å². The number of hydrogen-bond donors (Lipinski definition) is 1. The molecule has 0 saturated heterocycles. The fourth-order valence-electron chi connectivity index (χ4n) is 0.645. The lowest BCUT2D eigenvalue weighted by Crippen LogP contribution is -2.04. The molecule has 0 aromatic carbocycles. The molecule has 1 unspecified atom stereocenters. The summed E-state index contributed by atoms with van der Waals surface area (Å²) in [6, 6.07) is 3.95. The van der Waals surface area contributed by atoms with Gasteiger partial charge in [-0.1, -0.05) is 19.9 Å². The third-order valence-corrected chi connectivity index (χ3v) is 1.21. The SMILES string of the molecule is CC.CC(N)c1cccnc1.[HH]. The molecule has 2 heteroatoms. The van der Waals surface area contributed by atoms with E-state index in [1.807, 2.05) is 32.9 Å². The molecule has 1 heterocycles. The molecule has 1 rings (SSSR count). The summed E-state index contributed by atoms with van der Waals surface area (Å²) in [6.07, 6.45) is 3.52. The van der Waals surface area contributed by atoms with Gasteiger partial charge in [-0.25, -0.2) is 0 Å². The van der Waals surface area contributed by atoms with Gasteiger partial charge >= 0.3 is 0 Å². The van der Waals surface area contributed by atoms with Crippen molar-refractivity contribution in [2.45, 2.75) is 26.8 Å². The van der Waals surface area contributed by atoms with E-state index in [9.17, 15) is 0 Å². The van der Waals surface area contributed by atoms with Gasteiger partial charge in [0.05, 0.1) is 0 Å². The number of nitrogens with zero attached hydrogens (tertiary/aromatic N) is 1. The van der Waals surface area contributed by atoms with Crippen LogP contribution >= 0.6 is 0 Å². The van der Waals surface area contributed by atoms with E-state index in [4.69, 9.17) is 5.73 Å². The van der Waals surface area contributed by atoms with Crippen LogP contribution in [-0.2, 0) is 0 Å². The zero-order valence-electron chi connectivity index (χ0n) is 7.41. The molecule has 0 radical (unpaired) electrons. The molecule has 1 aromatic rings. The molecule has 0 amide bonds. The second-order valence-electron chi connectivity index (χ2n) is 2.08. The van der Waals surface area contributed by atoms with Crippen LogP contribution in [0.3, 0.4) is 0 Å². The number of nitrogens with two attached hydrogens (primary N) is 1. The lowest BCUT2D eigenvalue weighted by molar-refractivity contribution is 0.811. The molecular weight excluding hydrogens is 136 g/mol. The Labute approximate surface area is 69.9 Å². The van der Waals surface area contributed by atoms with Gasteiger partial charge in [-0.3, -0.25) is 4.98 Å². The van der Waals surface area contributed by atoms with Crippen LogP contribution in [0.2, 0.25) is 0 Å². The van der Waals surface area contributed by atoms with Crippen molar-refractivity contribution < 1.29 is 1.43 Å². The molecule has 0 bridgehead atoms. The third-order valence-electron chi connectivity index (χ3n) is 1.21. The molecule has 0 fully saturated rings. The van der Waals surface area contributed by atoms with Gasteiger partial charge in [-0.2, -0.15) is 0 Å². The fourth-order valence-corrected chi connectivity index (χ4v) is 0.645. The number of rotatable bonds is 1. The lowest BCUT2D eigenvalue weighted by atomic mass is 10.2. The van der Waals surface area contributed by atoms with Crippen molar-refractivity contribution in [1.29, 1.82) is 0 Å². The minimum Gasteiger partial charge on any atom is -0.324 e. The van der Waals surface area contributed by atoms with Crippen molar-refractivity contribution in [3.63, 3.8) is 0 Å². The van der Waals surface area contributed by atoms with Crippen LogP contribution in [0, 0.1) is 0 Å². The summed E-state index contributed by atoms with van der Waals surface area (Å²) in [7, 11) is 0. The van der Waals surface area contributed by atoms with E-state index in [-0.39, 0.29) is 7.47 Å². The first-order chi connectivity index (χ1) is 5.30. The van der Waals surface area contributed by atoms with E-state index in [0.717, 1.165) is 5.56 Å². The summed E-state index contributed by atoms with van der Waals surface area (Å²) in [5.41, 5.74) is 6.65. The van der Waals surface area contributed by atoms with Crippen LogP contribution in [0.5, 0.6) is 0 Å². The van der Waals surface area contributed by atoms with Gasteiger partial charge in [0.1, 0.15) is 0 Å². The highest BCUT2D eigenvalue weighted by atomic mass is 14.7. The van der Waals surface area contributed by atoms with E-state index in [2.05, 4.69) is 4.98 Å². The fraction of sp³-hybridized carbons (Fsp3) is 0.444. The first-order valence-electron chi connectivity index (χ1n) is 3.96. The highest BCUT2D eigenvalue weighted by Gasteiger charge is 1.94. The molecule has 0 saturated carbocycles. The Hall–Kier alpha value is -0.890. The summed E-state index contributed by atoms with van der Waals surface area (Å²) in [5, 5.41) is 0. The van der Waals surface area contributed by atoms with Crippen molar-refractivity contribution >= 4 is 0 Å². The molecule has 1 aromatic heterocycles. The summed E-state index contributed by atoms with van der Waals surface area (Å²) < 4.78 is 0. The van der Waals surface area contributed by atoms with Crippen molar-refractivity contribution in [2.75, 3.05) is 0 Å². The average molecular weight is 154 g/mol. The standard InChI is InChI=1S/C7H10N2.C2H6.H2/c1-6(8)7-3-2-4-9-5-7;1-2;/h2-6H,8H2,1H3;1-2H3;1H. The Kier molecular flexibility index (Phi) is 5.39. The Bertz CT molecular complexity index is 175. The van der Waals surface area contributed by atoms with Crippen LogP contribution in [-0.4, -0.2) is 4.98 Å². The van der Waals surface area contributed by atoms with Crippen LogP contribution in [0.1, 0.15) is 33.8 Å². The summed E-state index contributed by atoms with van der Waals surface area (Å²) in [5.74, 6) is 0. The second-order valence-corrected chi connectivity index (χ2v) is 2.08. The smallest absolute Gasteiger partial charge is 0.0315 e. The van der Waals surface area contributed by atoms with Crippen molar-refractivity contribution in [3.05, 3.63) is 30.1 Å². The number of pyridine rings is 1. The van der Waals surface area contributed by atoms with Gasteiger partial charge in [0.2, 0.25) is 0 Å². The molecule has 0 spiro atoms. The monoisotopic (exact) mass is 154 g/mol. The molecule has 1 atom stereocenters. The molecule has 0 aliphatic rings. The summed E-state index contributed by atoms with van der Waals surface area (Å²) >= 11 is 0. The molecular formula is C9H18N2. The quantitative estimate of drug-likeness (QED) is 0.674. The average Bonchev–Trinajstić information content (AvgIpc) is 2.10. The Morgan fingerprint density at radius 2 is 2.18 bits per heavy atom. The Balaban J connectivity index is 0. The van der Waals surface area contributed by atoms with Crippen LogP contribution in [0.4, 0.5) is 0 Å². The molecule has 0 aliphatic heterocycles. The third kappa shape index (κ3) is 3.73. The van der Waals surface area contributed by atoms with E-state index >= 15 is 0 Å². The van der Waals surface area contributed by atoms with Gasteiger partial charge in [-0.15, -0.1) is 0 Å². The maximum atomic E-state index is 5.57. The lowest BCUT2D eigenvalue weighted by Gasteiger charge is -2.01. The first-order valence-corrected chi connectivity index (χ1v) is 3.96. The van der Waals surface area contributed by atoms with E-state index in [1.165, 1.54) is 0 Å². The highest BCUT2D eigenvalue weighted by molar-refractivity contribution is 5.11. The van der Waals surface area contributed by atoms with Gasteiger partial charge < -0.3 is 5.73 Å². The molecule has 64 valence electrons. The largest absolute Gasteiger partial charge is 0.324 e. The van der Waals surface area contributed by atoms with Gasteiger partial charge in [0, 0.05) is 19.9 Å². The van der Waals surface area contributed by atoms with Crippen molar-refractivity contribution in [3.8, 4) is 0 Å². The topological polar surface area (TPSA) is 38.9 Å². The normalized spacial score (nSPS) is 11.3. The van der Waals surface area contributed by atoms with Gasteiger partial charge in [-0.05, 0) is 18.6 Å². The zero-order valence-corrected chi connectivity index (χ0v) is 7.41. The predicted molar refractivity (Wildman–Crippen MR) is 50.3 cm³/mol. The molecule has 0 aliphatic carbocycles. The Morgan fingerprint density at radius 1 is 1.55 bits per heavy atom. The minimum atomic E-state index is 0. The molecule has 2 nitrogen and oxygen atoms in total. The van der Waals surface area contributed by atoms with Gasteiger partial charge in [0.25, 0.3) is 0 Å². The highest BCUT2D eigenvalue weighted by Crippen LogP contribution is 2.04. The predicted octanol–water partition coefficient (Wildman–Crippen LogP) is 2.37. The summed E-state index contributed by atoms with van der Waals surface area (Å²) in [4.78, 5) is 3.93. The van der Waals surface area contributed by atoms with E-state index in [0.29, 0.717) is 0 Å².